The Bertz CT molecular complexity index is 554. The molecule has 0 fully saturated rings. The average Bonchev–Trinajstić information content (AvgIpc) is 2.38. The van der Waals surface area contributed by atoms with Crippen LogP contribution in [0.4, 0.5) is 11.4 Å². The summed E-state index contributed by atoms with van der Waals surface area (Å²) in [5.74, 6) is -1.62. The van der Waals surface area contributed by atoms with Crippen molar-refractivity contribution in [2.24, 2.45) is 5.10 Å². The first-order valence-corrected chi connectivity index (χ1v) is 5.47. The van der Waals surface area contributed by atoms with Gasteiger partial charge in [0, 0.05) is 12.1 Å². The molecule has 0 bridgehead atoms. The smallest absolute Gasteiger partial charge is 0.269 e. The largest absolute Gasteiger partial charge is 0.544 e. The van der Waals surface area contributed by atoms with E-state index in [-0.39, 0.29) is 10.7 Å². The molecule has 19 heavy (non-hydrogen) atoms. The molecule has 0 saturated carbocycles. The zero-order valence-electron chi connectivity index (χ0n) is 9.17. The van der Waals surface area contributed by atoms with E-state index in [4.69, 9.17) is 23.2 Å². The van der Waals surface area contributed by atoms with Gasteiger partial charge in [0.25, 0.3) is 5.69 Å². The van der Waals surface area contributed by atoms with Crippen LogP contribution in [0.1, 0.15) is 0 Å². The van der Waals surface area contributed by atoms with E-state index in [1.165, 1.54) is 24.3 Å². The molecule has 0 aromatic heterocycles. The highest BCUT2D eigenvalue weighted by Gasteiger charge is 2.03. The summed E-state index contributed by atoms with van der Waals surface area (Å²) in [5, 5.41) is 23.4. The number of carboxylic acid groups (broad SMARTS) is 1. The van der Waals surface area contributed by atoms with Crippen molar-refractivity contribution in [2.75, 3.05) is 5.43 Å². The number of anilines is 1. The Labute approximate surface area is 117 Å². The van der Waals surface area contributed by atoms with Crippen LogP contribution in [0.15, 0.2) is 39.4 Å². The second-order valence-corrected chi connectivity index (χ2v) is 3.91. The topological polar surface area (TPSA) is 108 Å². The molecule has 0 atom stereocenters. The van der Waals surface area contributed by atoms with Gasteiger partial charge in [-0.1, -0.05) is 23.2 Å². The maximum atomic E-state index is 10.4. The highest BCUT2D eigenvalue weighted by molar-refractivity contribution is 6.51. The quantitative estimate of drug-likeness (QED) is 0.383. The highest BCUT2D eigenvalue weighted by atomic mass is 35.5. The normalized spacial score (nSPS) is 12.1. The number of benzene rings is 1. The summed E-state index contributed by atoms with van der Waals surface area (Å²) in [6, 6.07) is 5.41. The van der Waals surface area contributed by atoms with Crippen LogP contribution in [-0.4, -0.2) is 17.1 Å². The molecule has 0 saturated heterocycles. The van der Waals surface area contributed by atoms with Crippen molar-refractivity contribution in [1.82, 2.24) is 0 Å². The van der Waals surface area contributed by atoms with E-state index in [1.54, 1.807) is 0 Å². The summed E-state index contributed by atoms with van der Waals surface area (Å²) >= 11 is 10.8. The number of nitro benzene ring substituents is 1. The number of rotatable bonds is 5. The third-order valence-electron chi connectivity index (χ3n) is 1.84. The summed E-state index contributed by atoms with van der Waals surface area (Å²) < 4.78 is 0. The molecule has 0 spiro atoms. The number of carbonyl (C=O) groups excluding carboxylic acids is 1. The lowest BCUT2D eigenvalue weighted by molar-refractivity contribution is -0.384. The number of hydrazone groups is 1. The Morgan fingerprint density at radius 3 is 2.37 bits per heavy atom. The van der Waals surface area contributed by atoms with E-state index in [0.717, 1.165) is 6.21 Å². The van der Waals surface area contributed by atoms with Gasteiger partial charge in [-0.25, -0.2) is 0 Å². The van der Waals surface area contributed by atoms with E-state index < -0.39 is 15.9 Å². The first-order chi connectivity index (χ1) is 8.91. The Kier molecular flexibility index (Phi) is 5.28. The molecule has 0 amide bonds. The number of nitro groups is 1. The summed E-state index contributed by atoms with van der Waals surface area (Å²) in [4.78, 5) is 20.2. The summed E-state index contributed by atoms with van der Waals surface area (Å²) in [6.45, 7) is 0. The molecule has 1 rings (SSSR count). The van der Waals surface area contributed by atoms with Crippen LogP contribution in [0.3, 0.4) is 0 Å². The molecular formula is C10H6Cl2N3O4-. The Hall–Kier alpha value is -2.12. The lowest BCUT2D eigenvalue weighted by Gasteiger charge is -2.01. The van der Waals surface area contributed by atoms with Gasteiger partial charge in [-0.15, -0.1) is 0 Å². The van der Waals surface area contributed by atoms with Crippen molar-refractivity contribution in [2.45, 2.75) is 0 Å². The molecule has 100 valence electrons. The predicted octanol–water partition coefficient (Wildman–Crippen LogP) is 1.43. The van der Waals surface area contributed by atoms with Crippen LogP contribution in [0.5, 0.6) is 0 Å². The fourth-order valence-corrected chi connectivity index (χ4v) is 1.15. The van der Waals surface area contributed by atoms with Gasteiger partial charge in [0.15, 0.2) is 0 Å². The van der Waals surface area contributed by atoms with Gasteiger partial charge in [-0.2, -0.15) is 5.10 Å². The molecule has 9 heteroatoms. The third-order valence-corrected chi connectivity index (χ3v) is 2.58. The van der Waals surface area contributed by atoms with Gasteiger partial charge in [-0.3, -0.25) is 15.5 Å². The van der Waals surface area contributed by atoms with E-state index in [9.17, 15) is 20.0 Å². The minimum absolute atomic E-state index is 0.0625. The number of nitrogens with zero attached hydrogens (tertiary/aromatic N) is 2. The maximum absolute atomic E-state index is 10.4. The van der Waals surface area contributed by atoms with Gasteiger partial charge in [-0.05, 0) is 12.1 Å². The van der Waals surface area contributed by atoms with Crippen LogP contribution >= 0.6 is 23.2 Å². The van der Waals surface area contributed by atoms with Crippen LogP contribution in [0.25, 0.3) is 0 Å². The third kappa shape index (κ3) is 4.57. The minimum Gasteiger partial charge on any atom is -0.544 e. The second kappa shape index (κ2) is 6.72. The summed E-state index contributed by atoms with van der Waals surface area (Å²) in [6.07, 6.45) is 0.973. The number of carbonyl (C=O) groups is 1. The van der Waals surface area contributed by atoms with Crippen molar-refractivity contribution in [3.8, 4) is 0 Å². The standard InChI is InChI=1S/C10H7Cl2N3O4/c11-8(9(12)10(16)17)5-13-14-6-1-3-7(4-2-6)15(18)19/h1-5,14H,(H,16,17)/p-1/b9-8+,13-5-. The number of aliphatic carboxylic acids is 1. The van der Waals surface area contributed by atoms with Crippen molar-refractivity contribution < 1.29 is 14.8 Å². The van der Waals surface area contributed by atoms with Crippen LogP contribution in [0.2, 0.25) is 0 Å². The predicted molar refractivity (Wildman–Crippen MR) is 69.0 cm³/mol. The monoisotopic (exact) mass is 302 g/mol. The van der Waals surface area contributed by atoms with E-state index in [2.05, 4.69) is 10.5 Å². The number of hydrogen-bond donors (Lipinski definition) is 1. The lowest BCUT2D eigenvalue weighted by Crippen LogP contribution is -2.22. The van der Waals surface area contributed by atoms with Crippen LogP contribution in [-0.2, 0) is 4.79 Å². The molecule has 7 nitrogen and oxygen atoms in total. The molecule has 1 aromatic rings. The van der Waals surface area contributed by atoms with Crippen molar-refractivity contribution in [3.05, 3.63) is 44.4 Å². The Morgan fingerprint density at radius 1 is 1.32 bits per heavy atom. The van der Waals surface area contributed by atoms with Crippen LogP contribution < -0.4 is 10.5 Å². The molecule has 1 N–H and O–H groups in total. The van der Waals surface area contributed by atoms with Gasteiger partial charge in [0.2, 0.25) is 0 Å². The van der Waals surface area contributed by atoms with E-state index in [0.29, 0.717) is 5.69 Å². The van der Waals surface area contributed by atoms with E-state index in [1.807, 2.05) is 0 Å². The Morgan fingerprint density at radius 2 is 1.89 bits per heavy atom. The molecule has 0 aliphatic heterocycles. The fourth-order valence-electron chi connectivity index (χ4n) is 0.975. The molecule has 0 aliphatic rings. The molecule has 0 radical (unpaired) electrons. The SMILES string of the molecule is O=C([O-])/C(Cl)=C(Cl)/C=N\Nc1ccc([N+](=O)[O-])cc1. The second-order valence-electron chi connectivity index (χ2n) is 3.12. The first kappa shape index (κ1) is 14.9. The van der Waals surface area contributed by atoms with E-state index >= 15 is 0 Å². The Balaban J connectivity index is 2.69. The first-order valence-electron chi connectivity index (χ1n) is 4.72. The lowest BCUT2D eigenvalue weighted by atomic mass is 10.3. The highest BCUT2D eigenvalue weighted by Crippen LogP contribution is 2.15. The molecule has 0 heterocycles. The minimum atomic E-state index is -1.62. The maximum Gasteiger partial charge on any atom is 0.269 e. The zero-order valence-corrected chi connectivity index (χ0v) is 10.7. The van der Waals surface area contributed by atoms with Crippen molar-refractivity contribution in [1.29, 1.82) is 0 Å². The summed E-state index contributed by atoms with van der Waals surface area (Å²) in [5.41, 5.74) is 2.88. The molecule has 0 unspecified atom stereocenters. The molecular weight excluding hydrogens is 297 g/mol. The number of hydrogen-bond acceptors (Lipinski definition) is 6. The van der Waals surface area contributed by atoms with Crippen LogP contribution in [0, 0.1) is 10.1 Å². The molecule has 0 aliphatic carbocycles. The molecule has 1 aromatic carbocycles. The number of nitrogens with one attached hydrogen (secondary N) is 1. The number of allylic oxidation sites excluding steroid dienone is 1. The van der Waals surface area contributed by atoms with Crippen molar-refractivity contribution >= 4 is 46.8 Å². The number of carboxylic acids is 1. The zero-order chi connectivity index (χ0) is 14.4. The van der Waals surface area contributed by atoms with Crippen molar-refractivity contribution in [3.63, 3.8) is 0 Å². The number of halogens is 2. The van der Waals surface area contributed by atoms with Gasteiger partial charge >= 0.3 is 0 Å². The fraction of sp³-hybridized carbons (Fsp3) is 0. The average molecular weight is 303 g/mol. The van der Waals surface area contributed by atoms with Gasteiger partial charge in [0.1, 0.15) is 0 Å². The van der Waals surface area contributed by atoms with Gasteiger partial charge < -0.3 is 9.90 Å². The van der Waals surface area contributed by atoms with Gasteiger partial charge in [0.05, 0.1) is 32.9 Å². The number of non-ortho nitro benzene ring substituents is 1. The summed E-state index contributed by atoms with van der Waals surface area (Å²) in [7, 11) is 0.